The number of halogens is 1. The molecule has 6 rings (SSSR count). The highest BCUT2D eigenvalue weighted by Crippen LogP contribution is 2.40. The summed E-state index contributed by atoms with van der Waals surface area (Å²) >= 11 is 0. The van der Waals surface area contributed by atoms with Crippen LogP contribution in [-0.2, 0) is 0 Å². The van der Waals surface area contributed by atoms with Gasteiger partial charge in [0.15, 0.2) is 11.6 Å². The average Bonchev–Trinajstić information content (AvgIpc) is 3.80. The zero-order chi connectivity index (χ0) is 26.9. The first-order chi connectivity index (χ1) is 19.0. The molecule has 0 radical (unpaired) electrons. The number of fused-ring (bicyclic) bond motifs is 1. The lowest BCUT2D eigenvalue weighted by molar-refractivity contribution is 0.145. The van der Waals surface area contributed by atoms with Crippen molar-refractivity contribution in [1.29, 1.82) is 0 Å². The van der Waals surface area contributed by atoms with Gasteiger partial charge in [-0.2, -0.15) is 0 Å². The van der Waals surface area contributed by atoms with E-state index in [1.54, 1.807) is 24.5 Å². The zero-order valence-electron chi connectivity index (χ0n) is 22.5. The Hall–Kier alpha value is -3.56. The van der Waals surface area contributed by atoms with Gasteiger partial charge in [-0.1, -0.05) is 39.2 Å². The molecule has 0 bridgehead atoms. The van der Waals surface area contributed by atoms with E-state index < -0.39 is 6.17 Å². The third-order valence-corrected chi connectivity index (χ3v) is 8.25. The number of aromatic nitrogens is 5. The Morgan fingerprint density at radius 2 is 1.85 bits per heavy atom. The molecule has 1 aliphatic heterocycles. The van der Waals surface area contributed by atoms with Gasteiger partial charge in [0.2, 0.25) is 0 Å². The number of hydrogen-bond acceptors (Lipinski definition) is 9. The molecule has 0 saturated heterocycles. The van der Waals surface area contributed by atoms with Crippen molar-refractivity contribution in [2.24, 2.45) is 11.8 Å². The maximum Gasteiger partial charge on any atom is 0.278 e. The van der Waals surface area contributed by atoms with Crippen molar-refractivity contribution in [3.8, 4) is 40.2 Å². The van der Waals surface area contributed by atoms with E-state index in [2.05, 4.69) is 37.0 Å². The van der Waals surface area contributed by atoms with Crippen LogP contribution in [0.4, 0.5) is 10.2 Å². The molecular weight excluding hydrogens is 499 g/mol. The van der Waals surface area contributed by atoms with Gasteiger partial charge in [-0.15, -0.1) is 10.2 Å². The molecule has 0 amide bonds. The van der Waals surface area contributed by atoms with Crippen molar-refractivity contribution in [3.63, 3.8) is 0 Å². The van der Waals surface area contributed by atoms with Crippen molar-refractivity contribution in [2.45, 2.75) is 77.0 Å². The van der Waals surface area contributed by atoms with Crippen LogP contribution in [0.5, 0.6) is 17.5 Å². The zero-order valence-corrected chi connectivity index (χ0v) is 22.5. The molecule has 10 heteroatoms. The summed E-state index contributed by atoms with van der Waals surface area (Å²) in [5, 5.41) is 19.7. The maximum atomic E-state index is 15.8. The summed E-state index contributed by atoms with van der Waals surface area (Å²) in [4.78, 5) is 15.4. The second kappa shape index (κ2) is 10.9. The average molecular weight is 535 g/mol. The highest BCUT2D eigenvalue weighted by molar-refractivity contribution is 5.71. The predicted molar refractivity (Wildman–Crippen MR) is 145 cm³/mol. The molecule has 1 unspecified atom stereocenters. The van der Waals surface area contributed by atoms with Gasteiger partial charge >= 0.3 is 0 Å². The fourth-order valence-corrected chi connectivity index (χ4v) is 5.84. The van der Waals surface area contributed by atoms with Gasteiger partial charge in [-0.25, -0.2) is 19.3 Å². The van der Waals surface area contributed by atoms with E-state index in [0.717, 1.165) is 44.9 Å². The summed E-state index contributed by atoms with van der Waals surface area (Å²) in [6.07, 6.45) is 9.46. The molecule has 2 aliphatic carbocycles. The number of phenolic OH excluding ortho intramolecular Hbond substituents is 1. The van der Waals surface area contributed by atoms with Crippen LogP contribution in [-0.4, -0.2) is 61.7 Å². The van der Waals surface area contributed by atoms with Crippen molar-refractivity contribution in [1.82, 2.24) is 25.1 Å². The summed E-state index contributed by atoms with van der Waals surface area (Å²) in [5.41, 5.74) is 1.67. The second-order valence-electron chi connectivity index (χ2n) is 11.0. The van der Waals surface area contributed by atoms with Crippen LogP contribution in [0, 0.1) is 11.8 Å². The highest BCUT2D eigenvalue weighted by atomic mass is 19.1. The fourth-order valence-electron chi connectivity index (χ4n) is 5.84. The van der Waals surface area contributed by atoms with E-state index in [4.69, 9.17) is 9.47 Å². The number of ether oxygens (including phenoxy) is 2. The van der Waals surface area contributed by atoms with E-state index in [9.17, 15) is 5.11 Å². The largest absolute Gasteiger partial charge is 0.507 e. The molecule has 1 aromatic carbocycles. The number of nitrogens with zero attached hydrogens (tertiary/aromatic N) is 6. The molecule has 2 saturated carbocycles. The molecule has 3 aliphatic rings. The summed E-state index contributed by atoms with van der Waals surface area (Å²) in [7, 11) is 0. The topological polar surface area (TPSA) is 106 Å². The predicted octanol–water partition coefficient (Wildman–Crippen LogP) is 5.38. The molecule has 3 heterocycles. The van der Waals surface area contributed by atoms with Gasteiger partial charge in [0.25, 0.3) is 11.8 Å². The molecule has 2 fully saturated rings. The molecule has 39 heavy (non-hydrogen) atoms. The lowest BCUT2D eigenvalue weighted by Gasteiger charge is -2.40. The number of alkyl halides is 1. The van der Waals surface area contributed by atoms with Crippen LogP contribution < -0.4 is 14.4 Å². The number of aromatic hydroxyl groups is 1. The van der Waals surface area contributed by atoms with Gasteiger partial charge in [-0.3, -0.25) is 0 Å². The molecular formula is C29H35FN6O3. The third-order valence-electron chi connectivity index (χ3n) is 8.25. The van der Waals surface area contributed by atoms with Crippen LogP contribution in [0.15, 0.2) is 30.6 Å². The summed E-state index contributed by atoms with van der Waals surface area (Å²) < 4.78 is 26.8. The van der Waals surface area contributed by atoms with Gasteiger partial charge in [0.05, 0.1) is 29.7 Å². The smallest absolute Gasteiger partial charge is 0.278 e. The Kier molecular flexibility index (Phi) is 7.18. The summed E-state index contributed by atoms with van der Waals surface area (Å²) in [6.45, 7) is 5.09. The van der Waals surface area contributed by atoms with Crippen molar-refractivity contribution in [2.75, 3.05) is 18.1 Å². The molecule has 0 spiro atoms. The number of rotatable bonds is 6. The second-order valence-corrected chi connectivity index (χ2v) is 11.0. The fraction of sp³-hybridized carbons (Fsp3) is 0.552. The van der Waals surface area contributed by atoms with Crippen LogP contribution >= 0.6 is 0 Å². The number of phenols is 1. The van der Waals surface area contributed by atoms with E-state index in [1.165, 1.54) is 0 Å². The van der Waals surface area contributed by atoms with E-state index in [0.29, 0.717) is 59.4 Å². The van der Waals surface area contributed by atoms with Crippen LogP contribution in [0.3, 0.4) is 0 Å². The third kappa shape index (κ3) is 5.33. The Balaban J connectivity index is 1.25. The molecule has 2 aromatic heterocycles. The minimum absolute atomic E-state index is 0.00115. The lowest BCUT2D eigenvalue weighted by Crippen LogP contribution is -2.48. The van der Waals surface area contributed by atoms with Crippen molar-refractivity contribution < 1.29 is 19.0 Å². The molecule has 9 nitrogen and oxygen atoms in total. The molecule has 1 N–H and O–H groups in total. The van der Waals surface area contributed by atoms with Gasteiger partial charge in [0.1, 0.15) is 25.1 Å². The number of anilines is 1. The number of hydrogen-bond donors (Lipinski definition) is 1. The van der Waals surface area contributed by atoms with E-state index in [-0.39, 0.29) is 23.8 Å². The standard InChI is InChI=1S/C29H35FN6O3/c1-3-18-6-4-5-17(2)26(30)23(13-18)36(20-8-9-20)25-16-31-27(35-34-25)21-10-7-19(14-24(21)37)22-15-32-28-29(33-22)39-12-11-38-28/h7,10,14-18,20,23,26,37H,3-6,8-9,11-13H2,1-2H3/t17?,18-,23-,26+/m1/s1. The number of benzene rings is 1. The monoisotopic (exact) mass is 534 g/mol. The Morgan fingerprint density at radius 1 is 1.03 bits per heavy atom. The summed E-state index contributed by atoms with van der Waals surface area (Å²) in [5.74, 6) is 2.15. The minimum atomic E-state index is -0.915. The first-order valence-corrected chi connectivity index (χ1v) is 14.1. The van der Waals surface area contributed by atoms with Crippen LogP contribution in [0.1, 0.15) is 58.8 Å². The van der Waals surface area contributed by atoms with Crippen LogP contribution in [0.25, 0.3) is 22.6 Å². The SMILES string of the molecule is CC[C@@H]1CCCC(C)[C@H](F)[C@H](N(c2cnc(-c3ccc(-c4cnc5c(n4)OCCO5)cc3O)nn2)C2CC2)C1. The van der Waals surface area contributed by atoms with Gasteiger partial charge < -0.3 is 19.5 Å². The Labute approximate surface area is 227 Å². The first-order valence-electron chi connectivity index (χ1n) is 14.1. The molecule has 4 atom stereocenters. The maximum absolute atomic E-state index is 15.8. The van der Waals surface area contributed by atoms with Gasteiger partial charge in [-0.05, 0) is 49.7 Å². The van der Waals surface area contributed by atoms with Crippen LogP contribution in [0.2, 0.25) is 0 Å². The highest BCUT2D eigenvalue weighted by Gasteiger charge is 2.42. The van der Waals surface area contributed by atoms with Gasteiger partial charge in [0, 0.05) is 11.6 Å². The lowest BCUT2D eigenvalue weighted by atomic mass is 9.81. The van der Waals surface area contributed by atoms with Crippen molar-refractivity contribution >= 4 is 5.82 Å². The van der Waals surface area contributed by atoms with E-state index in [1.807, 2.05) is 13.0 Å². The first kappa shape index (κ1) is 25.7. The molecule has 206 valence electrons. The molecule has 3 aromatic rings. The Bertz CT molecular complexity index is 1300. The minimum Gasteiger partial charge on any atom is -0.507 e. The van der Waals surface area contributed by atoms with E-state index >= 15 is 4.39 Å². The summed E-state index contributed by atoms with van der Waals surface area (Å²) in [6, 6.07) is 5.20. The normalized spacial score (nSPS) is 25.0. The quantitative estimate of drug-likeness (QED) is 0.446. The van der Waals surface area contributed by atoms with Crippen molar-refractivity contribution in [3.05, 3.63) is 30.6 Å². The Morgan fingerprint density at radius 3 is 2.56 bits per heavy atom.